The van der Waals surface area contributed by atoms with Gasteiger partial charge in [-0.05, 0) is 12.5 Å². The summed E-state index contributed by atoms with van der Waals surface area (Å²) in [7, 11) is 0. The summed E-state index contributed by atoms with van der Waals surface area (Å²) >= 11 is 0. The quantitative estimate of drug-likeness (QED) is 0.773. The largest absolute Gasteiger partial charge is 0.355 e. The molecule has 1 aliphatic heterocycles. The van der Waals surface area contributed by atoms with Crippen molar-refractivity contribution in [2.45, 2.75) is 19.8 Å². The molecule has 0 bridgehead atoms. The van der Waals surface area contributed by atoms with Crippen molar-refractivity contribution in [2.75, 3.05) is 39.3 Å². The highest BCUT2D eigenvalue weighted by Crippen LogP contribution is 2.17. The SMILES string of the molecule is CCCCNC(=O)CN1CCN(C(=O)c2n[nH]c3ccccc23)CC1. The third-order valence-corrected chi connectivity index (χ3v) is 4.55. The van der Waals surface area contributed by atoms with Gasteiger partial charge < -0.3 is 10.2 Å². The van der Waals surface area contributed by atoms with Crippen LogP contribution in [-0.2, 0) is 4.79 Å². The molecule has 1 fully saturated rings. The van der Waals surface area contributed by atoms with Gasteiger partial charge in [-0.15, -0.1) is 0 Å². The van der Waals surface area contributed by atoms with Crippen molar-refractivity contribution in [1.29, 1.82) is 0 Å². The number of carbonyl (C=O) groups is 2. The number of aromatic nitrogens is 2. The normalized spacial score (nSPS) is 15.5. The lowest BCUT2D eigenvalue weighted by atomic mass is 10.2. The first kappa shape index (κ1) is 17.4. The van der Waals surface area contributed by atoms with Crippen molar-refractivity contribution in [3.05, 3.63) is 30.0 Å². The van der Waals surface area contributed by atoms with Crippen molar-refractivity contribution < 1.29 is 9.59 Å². The molecule has 25 heavy (non-hydrogen) atoms. The number of amides is 2. The summed E-state index contributed by atoms with van der Waals surface area (Å²) in [5.41, 5.74) is 1.34. The number of unbranched alkanes of at least 4 members (excludes halogenated alkanes) is 1. The topological polar surface area (TPSA) is 81.3 Å². The Labute approximate surface area is 147 Å². The number of nitrogens with zero attached hydrogens (tertiary/aromatic N) is 3. The zero-order chi connectivity index (χ0) is 17.6. The first-order chi connectivity index (χ1) is 12.2. The number of nitrogens with one attached hydrogen (secondary N) is 2. The highest BCUT2D eigenvalue weighted by Gasteiger charge is 2.25. The molecule has 0 aliphatic carbocycles. The molecule has 7 nitrogen and oxygen atoms in total. The van der Waals surface area contributed by atoms with Gasteiger partial charge >= 0.3 is 0 Å². The van der Waals surface area contributed by atoms with Crippen LogP contribution in [0.15, 0.2) is 24.3 Å². The Morgan fingerprint density at radius 2 is 1.96 bits per heavy atom. The van der Waals surface area contributed by atoms with Crippen LogP contribution in [0.25, 0.3) is 10.9 Å². The van der Waals surface area contributed by atoms with Gasteiger partial charge in [0, 0.05) is 38.1 Å². The van der Waals surface area contributed by atoms with Crippen molar-refractivity contribution in [3.8, 4) is 0 Å². The highest BCUT2D eigenvalue weighted by atomic mass is 16.2. The van der Waals surface area contributed by atoms with Gasteiger partial charge in [-0.25, -0.2) is 0 Å². The minimum absolute atomic E-state index is 0.0514. The van der Waals surface area contributed by atoms with Gasteiger partial charge in [-0.3, -0.25) is 19.6 Å². The smallest absolute Gasteiger partial charge is 0.275 e. The fourth-order valence-electron chi connectivity index (χ4n) is 3.05. The predicted octanol–water partition coefficient (Wildman–Crippen LogP) is 1.24. The lowest BCUT2D eigenvalue weighted by molar-refractivity contribution is -0.122. The fraction of sp³-hybridized carbons (Fsp3) is 0.500. The fourth-order valence-corrected chi connectivity index (χ4v) is 3.05. The van der Waals surface area contributed by atoms with Crippen LogP contribution < -0.4 is 5.32 Å². The molecule has 1 aliphatic rings. The second kappa shape index (κ2) is 8.11. The van der Waals surface area contributed by atoms with Gasteiger partial charge in [0.1, 0.15) is 0 Å². The number of fused-ring (bicyclic) bond motifs is 1. The molecule has 0 atom stereocenters. The Bertz CT molecular complexity index is 734. The van der Waals surface area contributed by atoms with E-state index in [0.717, 1.165) is 30.3 Å². The van der Waals surface area contributed by atoms with Gasteiger partial charge in [-0.1, -0.05) is 31.5 Å². The number of hydrogen-bond donors (Lipinski definition) is 2. The van der Waals surface area contributed by atoms with Crippen molar-refractivity contribution in [1.82, 2.24) is 25.3 Å². The van der Waals surface area contributed by atoms with Gasteiger partial charge in [0.25, 0.3) is 5.91 Å². The molecule has 2 N–H and O–H groups in total. The van der Waals surface area contributed by atoms with Crippen molar-refractivity contribution in [3.63, 3.8) is 0 Å². The number of H-pyrrole nitrogens is 1. The highest BCUT2D eigenvalue weighted by molar-refractivity contribution is 6.04. The van der Waals surface area contributed by atoms with E-state index >= 15 is 0 Å². The van der Waals surface area contributed by atoms with E-state index in [1.165, 1.54) is 0 Å². The van der Waals surface area contributed by atoms with Gasteiger partial charge in [-0.2, -0.15) is 5.10 Å². The van der Waals surface area contributed by atoms with Crippen LogP contribution in [0.3, 0.4) is 0 Å². The van der Waals surface area contributed by atoms with Gasteiger partial charge in [0.2, 0.25) is 5.91 Å². The Kier molecular flexibility index (Phi) is 5.65. The lowest BCUT2D eigenvalue weighted by Gasteiger charge is -2.34. The maximum absolute atomic E-state index is 12.7. The van der Waals surface area contributed by atoms with E-state index in [1.807, 2.05) is 29.2 Å². The first-order valence-electron chi connectivity index (χ1n) is 8.90. The molecule has 2 aromatic rings. The zero-order valence-electron chi connectivity index (χ0n) is 14.6. The molecule has 0 radical (unpaired) electrons. The third kappa shape index (κ3) is 4.17. The molecule has 0 unspecified atom stereocenters. The summed E-state index contributed by atoms with van der Waals surface area (Å²) in [5, 5.41) is 10.9. The number of aromatic amines is 1. The van der Waals surface area contributed by atoms with Crippen LogP contribution in [0.2, 0.25) is 0 Å². The second-order valence-corrected chi connectivity index (χ2v) is 6.39. The average molecular weight is 343 g/mol. The van der Waals surface area contributed by atoms with Crippen LogP contribution in [0, 0.1) is 0 Å². The number of piperazine rings is 1. The number of benzene rings is 1. The minimum atomic E-state index is -0.0514. The molecule has 0 saturated carbocycles. The summed E-state index contributed by atoms with van der Waals surface area (Å²) in [6.07, 6.45) is 2.08. The molecule has 2 amide bonds. The van der Waals surface area contributed by atoms with E-state index in [2.05, 4.69) is 27.3 Å². The lowest BCUT2D eigenvalue weighted by Crippen LogP contribution is -2.51. The molecule has 0 spiro atoms. The van der Waals surface area contributed by atoms with Crippen LogP contribution >= 0.6 is 0 Å². The number of para-hydroxylation sites is 1. The predicted molar refractivity (Wildman–Crippen MR) is 96.4 cm³/mol. The van der Waals surface area contributed by atoms with Crippen molar-refractivity contribution >= 4 is 22.7 Å². The first-order valence-corrected chi connectivity index (χ1v) is 8.90. The molecule has 1 aromatic carbocycles. The van der Waals surface area contributed by atoms with E-state index in [4.69, 9.17) is 0 Å². The van der Waals surface area contributed by atoms with Crippen molar-refractivity contribution in [2.24, 2.45) is 0 Å². The van der Waals surface area contributed by atoms with E-state index in [0.29, 0.717) is 38.4 Å². The maximum Gasteiger partial charge on any atom is 0.275 e. The summed E-state index contributed by atoms with van der Waals surface area (Å²) in [6.45, 7) is 5.87. The molecule has 1 saturated heterocycles. The summed E-state index contributed by atoms with van der Waals surface area (Å²) in [4.78, 5) is 28.5. The number of hydrogen-bond acceptors (Lipinski definition) is 4. The second-order valence-electron chi connectivity index (χ2n) is 6.39. The van der Waals surface area contributed by atoms with Crippen LogP contribution in [0.1, 0.15) is 30.3 Å². The molecule has 134 valence electrons. The molecule has 3 rings (SSSR count). The van der Waals surface area contributed by atoms with E-state index in [-0.39, 0.29) is 11.8 Å². The minimum Gasteiger partial charge on any atom is -0.355 e. The standard InChI is InChI=1S/C18H25N5O2/c1-2-3-8-19-16(24)13-22-9-11-23(12-10-22)18(25)17-14-6-4-5-7-15(14)20-21-17/h4-7H,2-3,8-13H2,1H3,(H,19,24)(H,20,21). The Balaban J connectivity index is 1.52. The van der Waals surface area contributed by atoms with Crippen LogP contribution in [0.4, 0.5) is 0 Å². The van der Waals surface area contributed by atoms with E-state index < -0.39 is 0 Å². The molecular formula is C18H25N5O2. The van der Waals surface area contributed by atoms with Gasteiger partial charge in [0.05, 0.1) is 12.1 Å². The summed E-state index contributed by atoms with van der Waals surface area (Å²) < 4.78 is 0. The monoisotopic (exact) mass is 343 g/mol. The Hall–Kier alpha value is -2.41. The van der Waals surface area contributed by atoms with Crippen LogP contribution in [0.5, 0.6) is 0 Å². The molecule has 1 aromatic heterocycles. The van der Waals surface area contributed by atoms with E-state index in [1.54, 1.807) is 0 Å². The summed E-state index contributed by atoms with van der Waals surface area (Å²) in [6, 6.07) is 7.64. The molecule has 2 heterocycles. The third-order valence-electron chi connectivity index (χ3n) is 4.55. The maximum atomic E-state index is 12.7. The Morgan fingerprint density at radius 1 is 1.20 bits per heavy atom. The number of carbonyl (C=O) groups excluding carboxylic acids is 2. The van der Waals surface area contributed by atoms with Crippen LogP contribution in [-0.4, -0.2) is 71.1 Å². The summed E-state index contributed by atoms with van der Waals surface area (Å²) in [5.74, 6) is 0.0102. The Morgan fingerprint density at radius 3 is 2.72 bits per heavy atom. The van der Waals surface area contributed by atoms with E-state index in [9.17, 15) is 9.59 Å². The average Bonchev–Trinajstić information content (AvgIpc) is 3.06. The molecule has 7 heteroatoms. The zero-order valence-corrected chi connectivity index (χ0v) is 14.6. The molecular weight excluding hydrogens is 318 g/mol. The number of rotatable bonds is 6. The van der Waals surface area contributed by atoms with Gasteiger partial charge in [0.15, 0.2) is 5.69 Å².